The van der Waals surface area contributed by atoms with Crippen molar-refractivity contribution < 1.29 is 4.39 Å². The number of hydrogen-bond acceptors (Lipinski definition) is 1. The standard InChI is InChI=1S/C22H22FN/c23-15-1-2-17-3-7-19(8-4-17)21-11-13-22(14-12-21)20-9-5-18(16-24)6-10-20/h1,5-6,9-15,17,19H,2-4,7-8H2/b15-1+/t17-,19-. The van der Waals surface area contributed by atoms with E-state index in [1.165, 1.54) is 36.8 Å². The molecule has 122 valence electrons. The van der Waals surface area contributed by atoms with Crippen LogP contribution in [-0.4, -0.2) is 0 Å². The van der Waals surface area contributed by atoms with Crippen LogP contribution in [0.3, 0.4) is 0 Å². The molecule has 2 aromatic rings. The van der Waals surface area contributed by atoms with Crippen LogP contribution in [0.1, 0.15) is 49.1 Å². The third kappa shape index (κ3) is 3.92. The van der Waals surface area contributed by atoms with E-state index in [0.29, 0.717) is 23.7 Å². The molecular formula is C22H22FN. The number of allylic oxidation sites excluding steroid dienone is 1. The lowest BCUT2D eigenvalue weighted by atomic mass is 9.77. The minimum atomic E-state index is 0.630. The van der Waals surface area contributed by atoms with Crippen molar-refractivity contribution in [2.45, 2.75) is 38.0 Å². The molecule has 0 atom stereocenters. The first kappa shape index (κ1) is 16.5. The fourth-order valence-corrected chi connectivity index (χ4v) is 3.66. The van der Waals surface area contributed by atoms with Gasteiger partial charge in [0.1, 0.15) is 0 Å². The summed E-state index contributed by atoms with van der Waals surface area (Å²) in [5.74, 6) is 1.27. The minimum Gasteiger partial charge on any atom is -0.216 e. The first-order valence-corrected chi connectivity index (χ1v) is 8.66. The van der Waals surface area contributed by atoms with Crippen LogP contribution in [0.5, 0.6) is 0 Å². The van der Waals surface area contributed by atoms with Crippen molar-refractivity contribution in [2.75, 3.05) is 0 Å². The average molecular weight is 319 g/mol. The van der Waals surface area contributed by atoms with Gasteiger partial charge in [-0.3, -0.25) is 0 Å². The van der Waals surface area contributed by atoms with Crippen molar-refractivity contribution in [3.05, 3.63) is 72.1 Å². The van der Waals surface area contributed by atoms with Gasteiger partial charge in [-0.1, -0.05) is 42.5 Å². The topological polar surface area (TPSA) is 23.8 Å². The molecule has 1 nitrogen and oxygen atoms in total. The minimum absolute atomic E-state index is 0.630. The summed E-state index contributed by atoms with van der Waals surface area (Å²) < 4.78 is 12.1. The summed E-state index contributed by atoms with van der Waals surface area (Å²) >= 11 is 0. The van der Waals surface area contributed by atoms with E-state index < -0.39 is 0 Å². The molecule has 1 aliphatic carbocycles. The van der Waals surface area contributed by atoms with Gasteiger partial charge in [0.2, 0.25) is 0 Å². The summed E-state index contributed by atoms with van der Waals surface area (Å²) in [6, 6.07) is 18.7. The van der Waals surface area contributed by atoms with Crippen molar-refractivity contribution >= 4 is 0 Å². The molecule has 2 aromatic carbocycles. The Morgan fingerprint density at radius 3 is 2.04 bits per heavy atom. The van der Waals surface area contributed by atoms with Crippen LogP contribution >= 0.6 is 0 Å². The lowest BCUT2D eigenvalue weighted by molar-refractivity contribution is 0.327. The Hall–Kier alpha value is -2.40. The molecular weight excluding hydrogens is 297 g/mol. The quantitative estimate of drug-likeness (QED) is 0.642. The van der Waals surface area contributed by atoms with E-state index in [1.54, 1.807) is 6.08 Å². The summed E-state index contributed by atoms with van der Waals surface area (Å²) in [5, 5.41) is 8.87. The van der Waals surface area contributed by atoms with E-state index in [4.69, 9.17) is 5.26 Å². The number of nitrogens with zero attached hydrogens (tertiary/aromatic N) is 1. The SMILES string of the molecule is N#Cc1ccc(-c2ccc([C@H]3CC[C@H](C/C=C/F)CC3)cc2)cc1. The van der Waals surface area contributed by atoms with Gasteiger partial charge in [0.15, 0.2) is 0 Å². The fourth-order valence-electron chi connectivity index (χ4n) is 3.66. The first-order chi connectivity index (χ1) is 11.8. The zero-order chi connectivity index (χ0) is 16.8. The largest absolute Gasteiger partial charge is 0.216 e. The van der Waals surface area contributed by atoms with Crippen LogP contribution in [0.4, 0.5) is 4.39 Å². The molecule has 0 radical (unpaired) electrons. The Morgan fingerprint density at radius 2 is 1.50 bits per heavy atom. The number of rotatable bonds is 4. The van der Waals surface area contributed by atoms with E-state index in [0.717, 1.165) is 12.0 Å². The second kappa shape index (κ2) is 7.93. The summed E-state index contributed by atoms with van der Waals surface area (Å²) in [6.07, 6.45) is 7.97. The molecule has 0 unspecified atom stereocenters. The molecule has 0 bridgehead atoms. The number of benzene rings is 2. The molecule has 2 heteroatoms. The predicted molar refractivity (Wildman–Crippen MR) is 96.2 cm³/mol. The van der Waals surface area contributed by atoms with Gasteiger partial charge in [-0.05, 0) is 72.8 Å². The third-order valence-electron chi connectivity index (χ3n) is 5.13. The second-order valence-corrected chi connectivity index (χ2v) is 6.63. The zero-order valence-corrected chi connectivity index (χ0v) is 13.8. The van der Waals surface area contributed by atoms with Gasteiger partial charge in [-0.15, -0.1) is 0 Å². The van der Waals surface area contributed by atoms with Gasteiger partial charge in [-0.25, -0.2) is 4.39 Å². The van der Waals surface area contributed by atoms with E-state index in [2.05, 4.69) is 30.3 Å². The molecule has 24 heavy (non-hydrogen) atoms. The highest BCUT2D eigenvalue weighted by Gasteiger charge is 2.21. The van der Waals surface area contributed by atoms with E-state index >= 15 is 0 Å². The summed E-state index contributed by atoms with van der Waals surface area (Å²) in [5.41, 5.74) is 4.42. The smallest absolute Gasteiger partial charge is 0.0991 e. The molecule has 0 saturated heterocycles. The lowest BCUT2D eigenvalue weighted by Crippen LogP contribution is -2.12. The molecule has 0 amide bonds. The van der Waals surface area contributed by atoms with Crippen molar-refractivity contribution in [2.24, 2.45) is 5.92 Å². The fraction of sp³-hybridized carbons (Fsp3) is 0.318. The van der Waals surface area contributed by atoms with Gasteiger partial charge in [0.05, 0.1) is 18.0 Å². The maximum atomic E-state index is 12.1. The Kier molecular flexibility index (Phi) is 5.43. The molecule has 1 saturated carbocycles. The van der Waals surface area contributed by atoms with Crippen LogP contribution < -0.4 is 0 Å². The van der Waals surface area contributed by atoms with Crippen molar-refractivity contribution in [1.82, 2.24) is 0 Å². The first-order valence-electron chi connectivity index (χ1n) is 8.66. The number of nitriles is 1. The van der Waals surface area contributed by atoms with E-state index in [1.807, 2.05) is 24.3 Å². The number of hydrogen-bond donors (Lipinski definition) is 0. The monoisotopic (exact) mass is 319 g/mol. The highest BCUT2D eigenvalue weighted by molar-refractivity contribution is 5.64. The van der Waals surface area contributed by atoms with Crippen LogP contribution in [0.2, 0.25) is 0 Å². The van der Waals surface area contributed by atoms with Gasteiger partial charge in [0, 0.05) is 0 Å². The lowest BCUT2D eigenvalue weighted by Gasteiger charge is -2.28. The molecule has 3 rings (SSSR count). The summed E-state index contributed by atoms with van der Waals surface area (Å²) in [7, 11) is 0. The molecule has 1 fully saturated rings. The van der Waals surface area contributed by atoms with Crippen LogP contribution in [0, 0.1) is 17.2 Å². The Bertz CT molecular complexity index is 714. The van der Waals surface area contributed by atoms with Gasteiger partial charge in [0.25, 0.3) is 0 Å². The maximum Gasteiger partial charge on any atom is 0.0991 e. The molecule has 0 spiro atoms. The predicted octanol–water partition coefficient (Wildman–Crippen LogP) is 6.37. The zero-order valence-electron chi connectivity index (χ0n) is 13.8. The highest BCUT2D eigenvalue weighted by Crippen LogP contribution is 2.37. The maximum absolute atomic E-state index is 12.1. The summed E-state index contributed by atoms with van der Waals surface area (Å²) in [6.45, 7) is 0. The Balaban J connectivity index is 1.63. The van der Waals surface area contributed by atoms with Crippen molar-refractivity contribution in [3.8, 4) is 17.2 Å². The van der Waals surface area contributed by atoms with Crippen molar-refractivity contribution in [1.29, 1.82) is 5.26 Å². The van der Waals surface area contributed by atoms with E-state index in [-0.39, 0.29) is 0 Å². The number of halogens is 1. The van der Waals surface area contributed by atoms with Gasteiger partial charge in [-0.2, -0.15) is 5.26 Å². The Labute approximate surface area is 143 Å². The van der Waals surface area contributed by atoms with Crippen molar-refractivity contribution in [3.63, 3.8) is 0 Å². The normalized spacial score (nSPS) is 20.8. The molecule has 0 aromatic heterocycles. The molecule has 0 heterocycles. The van der Waals surface area contributed by atoms with Gasteiger partial charge >= 0.3 is 0 Å². The van der Waals surface area contributed by atoms with Gasteiger partial charge < -0.3 is 0 Å². The third-order valence-corrected chi connectivity index (χ3v) is 5.13. The molecule has 0 N–H and O–H groups in total. The van der Waals surface area contributed by atoms with E-state index in [9.17, 15) is 4.39 Å². The molecule has 1 aliphatic rings. The molecule has 0 aliphatic heterocycles. The van der Waals surface area contributed by atoms with Crippen LogP contribution in [-0.2, 0) is 0 Å². The Morgan fingerprint density at radius 1 is 0.917 bits per heavy atom. The average Bonchev–Trinajstić information content (AvgIpc) is 2.67. The highest BCUT2D eigenvalue weighted by atomic mass is 19.1. The second-order valence-electron chi connectivity index (χ2n) is 6.63. The van der Waals surface area contributed by atoms with Crippen LogP contribution in [0.25, 0.3) is 11.1 Å². The van der Waals surface area contributed by atoms with Crippen LogP contribution in [0.15, 0.2) is 60.9 Å². The summed E-state index contributed by atoms with van der Waals surface area (Å²) in [4.78, 5) is 0.